The van der Waals surface area contributed by atoms with Crippen LogP contribution in [-0.2, 0) is 9.53 Å². The number of para-hydroxylation sites is 1. The van der Waals surface area contributed by atoms with Crippen molar-refractivity contribution < 1.29 is 19.4 Å². The summed E-state index contributed by atoms with van der Waals surface area (Å²) in [4.78, 5) is 26.1. The molecule has 0 unspecified atom stereocenters. The normalized spacial score (nSPS) is 18.1. The largest absolute Gasteiger partial charge is 0.507 e. The number of likely N-dealkylation sites (tertiary alicyclic amines) is 1. The maximum Gasteiger partial charge on any atom is 0.342 e. The summed E-state index contributed by atoms with van der Waals surface area (Å²) in [5.41, 5.74) is 0.696. The van der Waals surface area contributed by atoms with Crippen LogP contribution in [0.4, 0.5) is 0 Å². The second-order valence-corrected chi connectivity index (χ2v) is 5.69. The highest BCUT2D eigenvalue weighted by atomic mass is 16.5. The monoisotopic (exact) mass is 305 g/mol. The number of hydrogen-bond donors (Lipinski definition) is 1. The summed E-state index contributed by atoms with van der Waals surface area (Å²) < 4.78 is 5.08. The van der Waals surface area contributed by atoms with Gasteiger partial charge in [0.05, 0.1) is 0 Å². The van der Waals surface area contributed by atoms with E-state index in [-0.39, 0.29) is 29.9 Å². The smallest absolute Gasteiger partial charge is 0.342 e. The lowest BCUT2D eigenvalue weighted by molar-refractivity contribution is -0.138. The van der Waals surface area contributed by atoms with Crippen molar-refractivity contribution in [3.05, 3.63) is 29.3 Å². The van der Waals surface area contributed by atoms with Gasteiger partial charge in [0.2, 0.25) is 0 Å². The minimum absolute atomic E-state index is 0.0932. The predicted octanol–water partition coefficient (Wildman–Crippen LogP) is 2.65. The molecule has 1 saturated heterocycles. The van der Waals surface area contributed by atoms with Crippen LogP contribution in [0.2, 0.25) is 0 Å². The number of hydrogen-bond acceptors (Lipinski definition) is 4. The van der Waals surface area contributed by atoms with E-state index in [0.717, 1.165) is 32.2 Å². The Labute approximate surface area is 130 Å². The minimum atomic E-state index is -0.667. The van der Waals surface area contributed by atoms with E-state index in [2.05, 4.69) is 6.92 Å². The second kappa shape index (κ2) is 7.29. The minimum Gasteiger partial charge on any atom is -0.507 e. The van der Waals surface area contributed by atoms with Crippen molar-refractivity contribution in [2.45, 2.75) is 45.6 Å². The summed E-state index contributed by atoms with van der Waals surface area (Å²) in [5.74, 6) is -0.920. The molecular weight excluding hydrogens is 282 g/mol. The fourth-order valence-corrected chi connectivity index (χ4v) is 2.86. The fourth-order valence-electron chi connectivity index (χ4n) is 2.86. The van der Waals surface area contributed by atoms with Gasteiger partial charge in [-0.3, -0.25) is 4.79 Å². The number of aromatic hydroxyl groups is 1. The summed E-state index contributed by atoms with van der Waals surface area (Å²) in [6.07, 6.45) is 4.06. The Morgan fingerprint density at radius 3 is 2.86 bits per heavy atom. The van der Waals surface area contributed by atoms with Crippen molar-refractivity contribution >= 4 is 11.9 Å². The predicted molar refractivity (Wildman–Crippen MR) is 82.8 cm³/mol. The average Bonchev–Trinajstić information content (AvgIpc) is 2.54. The molecule has 1 heterocycles. The third kappa shape index (κ3) is 3.59. The molecule has 1 aromatic carbocycles. The van der Waals surface area contributed by atoms with Gasteiger partial charge in [-0.15, -0.1) is 0 Å². The summed E-state index contributed by atoms with van der Waals surface area (Å²) in [6.45, 7) is 4.22. The fraction of sp³-hybridized carbons (Fsp3) is 0.529. The van der Waals surface area contributed by atoms with E-state index >= 15 is 0 Å². The number of carbonyl (C=O) groups excluding carboxylic acids is 2. The number of phenolic OH excluding ortho intramolecular Hbond substituents is 1. The van der Waals surface area contributed by atoms with Gasteiger partial charge in [0.25, 0.3) is 5.91 Å². The molecule has 1 atom stereocenters. The van der Waals surface area contributed by atoms with Gasteiger partial charge in [-0.05, 0) is 44.2 Å². The van der Waals surface area contributed by atoms with E-state index in [4.69, 9.17) is 4.74 Å². The van der Waals surface area contributed by atoms with E-state index in [1.807, 2.05) is 4.90 Å². The number of aryl methyl sites for hydroxylation is 1. The first-order chi connectivity index (χ1) is 10.5. The first-order valence-corrected chi connectivity index (χ1v) is 7.79. The SMILES string of the molecule is CC[C@H]1CCCCN1C(=O)COC(=O)c1cccc(C)c1O. The first-order valence-electron chi connectivity index (χ1n) is 7.79. The van der Waals surface area contributed by atoms with E-state index in [9.17, 15) is 14.7 Å². The zero-order valence-electron chi connectivity index (χ0n) is 13.2. The van der Waals surface area contributed by atoms with Gasteiger partial charge in [0.1, 0.15) is 11.3 Å². The highest BCUT2D eigenvalue weighted by Gasteiger charge is 2.26. The van der Waals surface area contributed by atoms with Crippen LogP contribution in [0.25, 0.3) is 0 Å². The molecular formula is C17H23NO4. The molecule has 5 heteroatoms. The quantitative estimate of drug-likeness (QED) is 0.868. The topological polar surface area (TPSA) is 66.8 Å². The molecule has 1 aromatic rings. The Morgan fingerprint density at radius 2 is 2.14 bits per heavy atom. The molecule has 120 valence electrons. The molecule has 0 aromatic heterocycles. The van der Waals surface area contributed by atoms with E-state index in [0.29, 0.717) is 5.56 Å². The number of esters is 1. The van der Waals surface area contributed by atoms with Crippen molar-refractivity contribution in [1.29, 1.82) is 0 Å². The van der Waals surface area contributed by atoms with Gasteiger partial charge in [0, 0.05) is 12.6 Å². The van der Waals surface area contributed by atoms with Crippen LogP contribution in [0.15, 0.2) is 18.2 Å². The maximum absolute atomic E-state index is 12.2. The summed E-state index contributed by atoms with van der Waals surface area (Å²) >= 11 is 0. The maximum atomic E-state index is 12.2. The summed E-state index contributed by atoms with van der Waals surface area (Å²) in [7, 11) is 0. The number of ether oxygens (including phenoxy) is 1. The Hall–Kier alpha value is -2.04. The van der Waals surface area contributed by atoms with E-state index in [1.165, 1.54) is 6.07 Å². The van der Waals surface area contributed by atoms with Gasteiger partial charge in [0.15, 0.2) is 6.61 Å². The summed E-state index contributed by atoms with van der Waals surface area (Å²) in [6, 6.07) is 5.11. The van der Waals surface area contributed by atoms with Gasteiger partial charge >= 0.3 is 5.97 Å². The standard InChI is InChI=1S/C17H23NO4/c1-3-13-8-4-5-10-18(13)15(19)11-22-17(21)14-9-6-7-12(2)16(14)20/h6-7,9,13,20H,3-5,8,10-11H2,1-2H3/t13-/m0/s1. The van der Waals surface area contributed by atoms with Gasteiger partial charge in [-0.2, -0.15) is 0 Å². The van der Waals surface area contributed by atoms with Crippen molar-refractivity contribution in [2.24, 2.45) is 0 Å². The lowest BCUT2D eigenvalue weighted by atomic mass is 10.00. The van der Waals surface area contributed by atoms with Crippen LogP contribution < -0.4 is 0 Å². The van der Waals surface area contributed by atoms with Crippen LogP contribution in [-0.4, -0.2) is 41.1 Å². The van der Waals surface area contributed by atoms with Crippen molar-refractivity contribution in [3.8, 4) is 5.75 Å². The lowest BCUT2D eigenvalue weighted by Gasteiger charge is -2.35. The molecule has 0 bridgehead atoms. The van der Waals surface area contributed by atoms with Crippen molar-refractivity contribution in [3.63, 3.8) is 0 Å². The molecule has 1 N–H and O–H groups in total. The zero-order valence-corrected chi connectivity index (χ0v) is 13.2. The summed E-state index contributed by atoms with van der Waals surface area (Å²) in [5, 5.41) is 9.87. The average molecular weight is 305 g/mol. The van der Waals surface area contributed by atoms with Gasteiger partial charge in [-0.25, -0.2) is 4.79 Å². The lowest BCUT2D eigenvalue weighted by Crippen LogP contribution is -2.45. The van der Waals surface area contributed by atoms with Crippen LogP contribution in [0.5, 0.6) is 5.75 Å². The Bertz CT molecular complexity index is 556. The van der Waals surface area contributed by atoms with Gasteiger partial charge in [-0.1, -0.05) is 19.1 Å². The number of nitrogens with zero attached hydrogens (tertiary/aromatic N) is 1. The van der Waals surface area contributed by atoms with Crippen LogP contribution in [0.1, 0.15) is 48.5 Å². The molecule has 0 aliphatic carbocycles. The third-order valence-corrected chi connectivity index (χ3v) is 4.20. The Morgan fingerprint density at radius 1 is 1.36 bits per heavy atom. The van der Waals surface area contributed by atoms with Crippen LogP contribution in [0, 0.1) is 6.92 Å². The molecule has 0 spiro atoms. The van der Waals surface area contributed by atoms with Crippen molar-refractivity contribution in [1.82, 2.24) is 4.90 Å². The molecule has 1 fully saturated rings. The van der Waals surface area contributed by atoms with Crippen molar-refractivity contribution in [2.75, 3.05) is 13.2 Å². The van der Waals surface area contributed by atoms with E-state index < -0.39 is 5.97 Å². The number of rotatable bonds is 4. The number of phenols is 1. The van der Waals surface area contributed by atoms with Crippen LogP contribution >= 0.6 is 0 Å². The number of carbonyl (C=O) groups is 2. The molecule has 1 amide bonds. The highest BCUT2D eigenvalue weighted by molar-refractivity contribution is 5.94. The second-order valence-electron chi connectivity index (χ2n) is 5.69. The van der Waals surface area contributed by atoms with Gasteiger partial charge < -0.3 is 14.7 Å². The molecule has 1 aliphatic rings. The zero-order chi connectivity index (χ0) is 16.1. The first kappa shape index (κ1) is 16.3. The molecule has 1 aliphatic heterocycles. The van der Waals surface area contributed by atoms with E-state index in [1.54, 1.807) is 19.1 Å². The number of benzene rings is 1. The molecule has 5 nitrogen and oxygen atoms in total. The molecule has 2 rings (SSSR count). The van der Waals surface area contributed by atoms with Crippen LogP contribution in [0.3, 0.4) is 0 Å². The number of piperidine rings is 1. The highest BCUT2D eigenvalue weighted by Crippen LogP contribution is 2.23. The number of amides is 1. The molecule has 22 heavy (non-hydrogen) atoms. The Balaban J connectivity index is 1.95. The third-order valence-electron chi connectivity index (χ3n) is 4.20. The Kier molecular flexibility index (Phi) is 5.41. The molecule has 0 saturated carbocycles. The molecule has 0 radical (unpaired) electrons.